The lowest BCUT2D eigenvalue weighted by atomic mass is 10.1. The number of aromatic nitrogens is 2. The van der Waals surface area contributed by atoms with Gasteiger partial charge in [-0.2, -0.15) is 5.10 Å². The van der Waals surface area contributed by atoms with E-state index < -0.39 is 16.5 Å². The summed E-state index contributed by atoms with van der Waals surface area (Å²) in [5, 5.41) is 4.20. The van der Waals surface area contributed by atoms with Crippen molar-refractivity contribution >= 4 is 39.6 Å². The molecule has 0 amide bonds. The highest BCUT2D eigenvalue weighted by atomic mass is 35.5. The maximum atomic E-state index is 13.9. The monoisotopic (exact) mass is 337 g/mol. The Bertz CT molecular complexity index is 751. The van der Waals surface area contributed by atoms with Gasteiger partial charge in [-0.05, 0) is 12.1 Å². The zero-order valence-corrected chi connectivity index (χ0v) is 12.6. The van der Waals surface area contributed by atoms with Gasteiger partial charge >= 0.3 is 0 Å². The molecule has 0 aliphatic rings. The van der Waals surface area contributed by atoms with Crippen LogP contribution in [-0.2, 0) is 23.5 Å². The second-order valence-corrected chi connectivity index (χ2v) is 5.84. The van der Waals surface area contributed by atoms with Crippen molar-refractivity contribution in [3.8, 4) is 11.3 Å². The Labute approximate surface area is 126 Å². The van der Waals surface area contributed by atoms with Crippen molar-refractivity contribution in [2.75, 3.05) is 5.73 Å². The van der Waals surface area contributed by atoms with Gasteiger partial charge in [0.05, 0.1) is 27.2 Å². The molecule has 1 aromatic carbocycles. The maximum absolute atomic E-state index is 13.9. The van der Waals surface area contributed by atoms with Gasteiger partial charge in [0.2, 0.25) is 0 Å². The molecule has 0 aliphatic heterocycles. The molecule has 0 saturated heterocycles. The standard InChI is InChI=1S/C11H10Cl2FN3O2S/c1-17-9(4-20(18)19)10(13)11(16-17)5-2-8(15)6(12)3-7(5)14/h2-3,20H,4,15H2,1H3. The number of halogens is 3. The van der Waals surface area contributed by atoms with Crippen LogP contribution < -0.4 is 5.73 Å². The first kappa shape index (κ1) is 15.1. The fraction of sp³-hybridized carbons (Fsp3) is 0.182. The summed E-state index contributed by atoms with van der Waals surface area (Å²) in [6, 6.07) is 2.37. The first-order valence-electron chi connectivity index (χ1n) is 5.39. The van der Waals surface area contributed by atoms with E-state index in [1.807, 2.05) is 0 Å². The molecular weight excluding hydrogens is 328 g/mol. The molecule has 0 unspecified atom stereocenters. The molecule has 0 fully saturated rings. The van der Waals surface area contributed by atoms with Gasteiger partial charge in [0.25, 0.3) is 0 Å². The molecule has 20 heavy (non-hydrogen) atoms. The highest BCUT2D eigenvalue weighted by molar-refractivity contribution is 7.71. The number of aryl methyl sites for hydroxylation is 1. The molecule has 0 aliphatic carbocycles. The smallest absolute Gasteiger partial charge is 0.145 e. The van der Waals surface area contributed by atoms with Crippen LogP contribution in [0.25, 0.3) is 11.3 Å². The topological polar surface area (TPSA) is 78.0 Å². The van der Waals surface area contributed by atoms with E-state index in [2.05, 4.69) is 5.10 Å². The molecular formula is C11H10Cl2FN3O2S. The van der Waals surface area contributed by atoms with Crippen molar-refractivity contribution in [2.45, 2.75) is 5.75 Å². The van der Waals surface area contributed by atoms with E-state index >= 15 is 0 Å². The summed E-state index contributed by atoms with van der Waals surface area (Å²) in [7, 11) is -1.14. The number of nitrogens with zero attached hydrogens (tertiary/aromatic N) is 2. The lowest BCUT2D eigenvalue weighted by Gasteiger charge is -2.04. The van der Waals surface area contributed by atoms with Crippen molar-refractivity contribution in [1.82, 2.24) is 9.78 Å². The number of nitrogen functional groups attached to an aromatic ring is 1. The Balaban J connectivity index is 2.62. The first-order chi connectivity index (χ1) is 9.31. The van der Waals surface area contributed by atoms with Crippen molar-refractivity contribution in [2.24, 2.45) is 7.05 Å². The third-order valence-electron chi connectivity index (χ3n) is 2.72. The van der Waals surface area contributed by atoms with E-state index in [9.17, 15) is 12.8 Å². The van der Waals surface area contributed by atoms with Gasteiger partial charge in [0.1, 0.15) is 22.2 Å². The Hall–Kier alpha value is -1.31. The van der Waals surface area contributed by atoms with Crippen LogP contribution in [-0.4, -0.2) is 18.2 Å². The highest BCUT2D eigenvalue weighted by Gasteiger charge is 2.20. The van der Waals surface area contributed by atoms with Gasteiger partial charge in [-0.25, -0.2) is 12.8 Å². The third kappa shape index (κ3) is 2.74. The molecule has 9 heteroatoms. The first-order valence-corrected chi connectivity index (χ1v) is 7.51. The molecule has 0 saturated carbocycles. The molecule has 1 aromatic heterocycles. The summed E-state index contributed by atoms with van der Waals surface area (Å²) in [6.45, 7) is 0. The lowest BCUT2D eigenvalue weighted by Crippen LogP contribution is -1.99. The minimum atomic E-state index is -2.67. The Kier molecular flexibility index (Phi) is 4.22. The summed E-state index contributed by atoms with van der Waals surface area (Å²) in [6.07, 6.45) is 0. The quantitative estimate of drug-likeness (QED) is 0.665. The maximum Gasteiger partial charge on any atom is 0.145 e. The minimum Gasteiger partial charge on any atom is -0.398 e. The predicted octanol–water partition coefficient (Wildman–Crippen LogP) is 2.23. The van der Waals surface area contributed by atoms with Gasteiger partial charge in [0, 0.05) is 12.6 Å². The highest BCUT2D eigenvalue weighted by Crippen LogP contribution is 2.35. The molecule has 2 N–H and O–H groups in total. The van der Waals surface area contributed by atoms with Crippen LogP contribution in [0.2, 0.25) is 10.0 Å². The van der Waals surface area contributed by atoms with E-state index in [1.54, 1.807) is 0 Å². The number of thiol groups is 1. The average Bonchev–Trinajstić information content (AvgIpc) is 2.61. The summed E-state index contributed by atoms with van der Waals surface area (Å²) in [5.74, 6) is -0.912. The fourth-order valence-electron chi connectivity index (χ4n) is 1.75. The van der Waals surface area contributed by atoms with E-state index in [0.29, 0.717) is 0 Å². The van der Waals surface area contributed by atoms with Crippen LogP contribution in [0.15, 0.2) is 12.1 Å². The predicted molar refractivity (Wildman–Crippen MR) is 77.1 cm³/mol. The van der Waals surface area contributed by atoms with Crippen molar-refractivity contribution in [3.63, 3.8) is 0 Å². The fourth-order valence-corrected chi connectivity index (χ4v) is 2.93. The van der Waals surface area contributed by atoms with Crippen LogP contribution >= 0.6 is 23.2 Å². The number of benzene rings is 1. The van der Waals surface area contributed by atoms with Crippen LogP contribution in [0.4, 0.5) is 10.1 Å². The Morgan fingerprint density at radius 1 is 1.40 bits per heavy atom. The molecule has 108 valence electrons. The molecule has 2 aromatic rings. The number of nitrogens with two attached hydrogens (primary N) is 1. The average molecular weight is 338 g/mol. The van der Waals surface area contributed by atoms with E-state index in [1.165, 1.54) is 17.8 Å². The number of hydrogen-bond acceptors (Lipinski definition) is 4. The number of hydrogen-bond donors (Lipinski definition) is 2. The van der Waals surface area contributed by atoms with Crippen LogP contribution in [0.1, 0.15) is 5.69 Å². The molecule has 0 bridgehead atoms. The summed E-state index contributed by atoms with van der Waals surface area (Å²) in [4.78, 5) is 0. The largest absolute Gasteiger partial charge is 0.398 e. The molecule has 2 rings (SSSR count). The van der Waals surface area contributed by atoms with Crippen LogP contribution in [0.5, 0.6) is 0 Å². The molecule has 0 radical (unpaired) electrons. The molecule has 1 heterocycles. The van der Waals surface area contributed by atoms with E-state index in [4.69, 9.17) is 28.9 Å². The van der Waals surface area contributed by atoms with Crippen LogP contribution in [0, 0.1) is 5.82 Å². The normalized spacial score (nSPS) is 11.2. The van der Waals surface area contributed by atoms with Gasteiger partial charge < -0.3 is 5.73 Å². The van der Waals surface area contributed by atoms with Crippen molar-refractivity contribution < 1.29 is 12.8 Å². The van der Waals surface area contributed by atoms with Crippen molar-refractivity contribution in [1.29, 1.82) is 0 Å². The molecule has 5 nitrogen and oxygen atoms in total. The van der Waals surface area contributed by atoms with Gasteiger partial charge in [-0.15, -0.1) is 0 Å². The lowest BCUT2D eigenvalue weighted by molar-refractivity contribution is 0.610. The Morgan fingerprint density at radius 2 is 2.05 bits per heavy atom. The van der Waals surface area contributed by atoms with Crippen molar-refractivity contribution in [3.05, 3.63) is 33.7 Å². The zero-order valence-electron chi connectivity index (χ0n) is 10.2. The second kappa shape index (κ2) is 5.59. The SMILES string of the molecule is Cn1nc(-c2cc(N)c(Cl)cc2F)c(Cl)c1C[SH](=O)=O. The van der Waals surface area contributed by atoms with Gasteiger partial charge in [0.15, 0.2) is 0 Å². The van der Waals surface area contributed by atoms with E-state index in [-0.39, 0.29) is 38.4 Å². The third-order valence-corrected chi connectivity index (χ3v) is 4.00. The molecule has 0 spiro atoms. The minimum absolute atomic E-state index is 0.0693. The van der Waals surface area contributed by atoms with Gasteiger partial charge in [-0.3, -0.25) is 4.68 Å². The summed E-state index contributed by atoms with van der Waals surface area (Å²) >= 11 is 11.8. The van der Waals surface area contributed by atoms with Crippen LogP contribution in [0.3, 0.4) is 0 Å². The number of rotatable bonds is 3. The zero-order chi connectivity index (χ0) is 15.0. The van der Waals surface area contributed by atoms with Gasteiger partial charge in [-0.1, -0.05) is 23.2 Å². The van der Waals surface area contributed by atoms with E-state index in [0.717, 1.165) is 6.07 Å². The number of anilines is 1. The Morgan fingerprint density at radius 3 is 2.65 bits per heavy atom. The second-order valence-electron chi connectivity index (χ2n) is 4.08. The molecule has 0 atom stereocenters. The summed E-state index contributed by atoms with van der Waals surface area (Å²) in [5.41, 5.74) is 6.29. The summed E-state index contributed by atoms with van der Waals surface area (Å²) < 4.78 is 36.9.